The van der Waals surface area contributed by atoms with Gasteiger partial charge in [-0.3, -0.25) is 14.5 Å². The van der Waals surface area contributed by atoms with Gasteiger partial charge in [0.15, 0.2) is 11.5 Å². The number of hydrogen-bond acceptors (Lipinski definition) is 8. The SMILES string of the molecule is COc1cc(C2/C(=C(/O)c3ccc(C)cc3)C(=O)C(=O)N2CCCN2CCOCC2)cc(OC)c1OC. The number of likely N-dealkylation sites (tertiary alicyclic amines) is 1. The molecule has 2 aromatic carbocycles. The Bertz CT molecular complexity index is 1140. The van der Waals surface area contributed by atoms with Crippen molar-refractivity contribution in [1.82, 2.24) is 9.80 Å². The van der Waals surface area contributed by atoms with Crippen LogP contribution in [0.4, 0.5) is 0 Å². The molecule has 2 saturated heterocycles. The highest BCUT2D eigenvalue weighted by molar-refractivity contribution is 6.46. The van der Waals surface area contributed by atoms with Crippen LogP contribution in [0, 0.1) is 6.92 Å². The monoisotopic (exact) mass is 510 g/mol. The summed E-state index contributed by atoms with van der Waals surface area (Å²) in [5.74, 6) is -0.390. The second-order valence-electron chi connectivity index (χ2n) is 9.12. The number of aryl methyl sites for hydroxylation is 1. The van der Waals surface area contributed by atoms with Crippen molar-refractivity contribution in [1.29, 1.82) is 0 Å². The van der Waals surface area contributed by atoms with Gasteiger partial charge in [-0.1, -0.05) is 29.8 Å². The van der Waals surface area contributed by atoms with E-state index < -0.39 is 17.7 Å². The number of aliphatic hydroxyl groups excluding tert-OH is 1. The van der Waals surface area contributed by atoms with Crippen LogP contribution < -0.4 is 14.2 Å². The lowest BCUT2D eigenvalue weighted by molar-refractivity contribution is -0.140. The number of Topliss-reactive ketones (excluding diaryl/α,β-unsaturated/α-hetero) is 1. The molecule has 4 rings (SSSR count). The molecule has 2 aliphatic rings. The number of carbonyl (C=O) groups is 2. The van der Waals surface area contributed by atoms with Crippen LogP contribution >= 0.6 is 0 Å². The van der Waals surface area contributed by atoms with Crippen molar-refractivity contribution in [3.63, 3.8) is 0 Å². The number of ether oxygens (including phenoxy) is 4. The summed E-state index contributed by atoms with van der Waals surface area (Å²) in [5, 5.41) is 11.3. The lowest BCUT2D eigenvalue weighted by Crippen LogP contribution is -2.39. The van der Waals surface area contributed by atoms with Gasteiger partial charge in [-0.15, -0.1) is 0 Å². The third-order valence-electron chi connectivity index (χ3n) is 6.84. The summed E-state index contributed by atoms with van der Waals surface area (Å²) in [6.45, 7) is 6.09. The average molecular weight is 511 g/mol. The summed E-state index contributed by atoms with van der Waals surface area (Å²) in [4.78, 5) is 30.5. The number of benzene rings is 2. The molecule has 2 aromatic rings. The number of hydrogen-bond donors (Lipinski definition) is 1. The Morgan fingerprint density at radius 1 is 0.973 bits per heavy atom. The topological polar surface area (TPSA) is 97.8 Å². The summed E-state index contributed by atoms with van der Waals surface area (Å²) >= 11 is 0. The van der Waals surface area contributed by atoms with Gasteiger partial charge in [0.25, 0.3) is 11.7 Å². The van der Waals surface area contributed by atoms with Crippen molar-refractivity contribution < 1.29 is 33.6 Å². The molecule has 1 atom stereocenters. The Kier molecular flexibility index (Phi) is 8.35. The van der Waals surface area contributed by atoms with E-state index in [4.69, 9.17) is 18.9 Å². The zero-order chi connectivity index (χ0) is 26.5. The standard InChI is InChI=1S/C28H34N2O7/c1-18-6-8-19(9-7-18)25(31)23-24(20-16-21(34-2)27(36-4)22(17-20)35-3)30(28(33)26(23)32)11-5-10-29-12-14-37-15-13-29/h6-9,16-17,24,31H,5,10-15H2,1-4H3/b25-23-. The first kappa shape index (κ1) is 26.5. The normalized spacial score (nSPS) is 19.8. The molecule has 2 fully saturated rings. The van der Waals surface area contributed by atoms with E-state index in [0.29, 0.717) is 54.6 Å². The molecule has 9 heteroatoms. The third-order valence-corrected chi connectivity index (χ3v) is 6.84. The molecule has 2 heterocycles. The molecule has 0 aromatic heterocycles. The number of morpholine rings is 1. The molecule has 9 nitrogen and oxygen atoms in total. The molecule has 1 amide bonds. The van der Waals surface area contributed by atoms with Crippen LogP contribution in [0.1, 0.15) is 29.2 Å². The smallest absolute Gasteiger partial charge is 0.295 e. The van der Waals surface area contributed by atoms with Gasteiger partial charge < -0.3 is 29.0 Å². The van der Waals surface area contributed by atoms with E-state index >= 15 is 0 Å². The van der Waals surface area contributed by atoms with E-state index in [2.05, 4.69) is 4.90 Å². The van der Waals surface area contributed by atoms with Crippen LogP contribution in [-0.2, 0) is 14.3 Å². The van der Waals surface area contributed by atoms with Gasteiger partial charge in [0, 0.05) is 31.7 Å². The van der Waals surface area contributed by atoms with Crippen LogP contribution in [0.15, 0.2) is 42.0 Å². The Labute approximate surface area is 217 Å². The van der Waals surface area contributed by atoms with Crippen LogP contribution in [0.5, 0.6) is 17.2 Å². The Morgan fingerprint density at radius 2 is 1.59 bits per heavy atom. The van der Waals surface area contributed by atoms with Crippen molar-refractivity contribution in [3.8, 4) is 17.2 Å². The van der Waals surface area contributed by atoms with Crippen LogP contribution in [0.25, 0.3) is 5.76 Å². The summed E-state index contributed by atoms with van der Waals surface area (Å²) in [5.41, 5.74) is 2.10. The number of methoxy groups -OCH3 is 3. The van der Waals surface area contributed by atoms with Crippen molar-refractivity contribution in [2.45, 2.75) is 19.4 Å². The quantitative estimate of drug-likeness (QED) is 0.312. The molecule has 37 heavy (non-hydrogen) atoms. The molecule has 0 bridgehead atoms. The minimum absolute atomic E-state index is 0.0366. The van der Waals surface area contributed by atoms with Crippen molar-refractivity contribution >= 4 is 17.4 Å². The summed E-state index contributed by atoms with van der Waals surface area (Å²) in [6.07, 6.45) is 0.665. The number of carbonyl (C=O) groups excluding carboxylic acids is 2. The average Bonchev–Trinajstić information content (AvgIpc) is 3.17. The fourth-order valence-corrected chi connectivity index (χ4v) is 4.87. The Hall–Kier alpha value is -3.56. The molecule has 198 valence electrons. The lowest BCUT2D eigenvalue weighted by atomic mass is 9.94. The maximum atomic E-state index is 13.4. The fraction of sp³-hybridized carbons (Fsp3) is 0.429. The lowest BCUT2D eigenvalue weighted by Gasteiger charge is -2.29. The highest BCUT2D eigenvalue weighted by atomic mass is 16.5. The van der Waals surface area contributed by atoms with Gasteiger partial charge in [-0.05, 0) is 31.0 Å². The molecule has 1 unspecified atom stereocenters. The molecule has 1 N–H and O–H groups in total. The fourth-order valence-electron chi connectivity index (χ4n) is 4.87. The molecular weight excluding hydrogens is 476 g/mol. The predicted molar refractivity (Wildman–Crippen MR) is 138 cm³/mol. The van der Waals surface area contributed by atoms with Crippen molar-refractivity contribution in [2.75, 3.05) is 60.7 Å². The van der Waals surface area contributed by atoms with E-state index in [9.17, 15) is 14.7 Å². The number of nitrogens with zero attached hydrogens (tertiary/aromatic N) is 2. The number of aliphatic hydroxyl groups is 1. The molecule has 0 radical (unpaired) electrons. The van der Waals surface area contributed by atoms with Crippen LogP contribution in [0.2, 0.25) is 0 Å². The van der Waals surface area contributed by atoms with E-state index in [-0.39, 0.29) is 11.3 Å². The molecule has 0 spiro atoms. The Balaban J connectivity index is 1.77. The highest BCUT2D eigenvalue weighted by Crippen LogP contribution is 2.45. The van der Waals surface area contributed by atoms with Gasteiger partial charge in [0.2, 0.25) is 5.75 Å². The molecule has 0 aliphatic carbocycles. The van der Waals surface area contributed by atoms with E-state index in [1.54, 1.807) is 24.3 Å². The maximum Gasteiger partial charge on any atom is 0.295 e. The predicted octanol–water partition coefficient (Wildman–Crippen LogP) is 3.16. The largest absolute Gasteiger partial charge is 0.507 e. The zero-order valence-corrected chi connectivity index (χ0v) is 21.8. The molecule has 2 aliphatic heterocycles. The van der Waals surface area contributed by atoms with Gasteiger partial charge in [0.05, 0.1) is 46.2 Å². The van der Waals surface area contributed by atoms with Gasteiger partial charge in [-0.25, -0.2) is 0 Å². The second-order valence-corrected chi connectivity index (χ2v) is 9.12. The summed E-state index contributed by atoms with van der Waals surface area (Å²) < 4.78 is 21.9. The number of amides is 1. The minimum atomic E-state index is -0.820. The van der Waals surface area contributed by atoms with E-state index in [1.807, 2.05) is 19.1 Å². The first-order chi connectivity index (χ1) is 17.9. The van der Waals surface area contributed by atoms with Gasteiger partial charge >= 0.3 is 0 Å². The van der Waals surface area contributed by atoms with Gasteiger partial charge in [0.1, 0.15) is 5.76 Å². The zero-order valence-electron chi connectivity index (χ0n) is 21.8. The number of rotatable bonds is 9. The van der Waals surface area contributed by atoms with E-state index in [1.165, 1.54) is 26.2 Å². The molecular formula is C28H34N2O7. The second kappa shape index (κ2) is 11.7. The first-order valence-electron chi connectivity index (χ1n) is 12.3. The van der Waals surface area contributed by atoms with Crippen molar-refractivity contribution in [3.05, 3.63) is 58.7 Å². The van der Waals surface area contributed by atoms with E-state index in [0.717, 1.165) is 25.2 Å². The minimum Gasteiger partial charge on any atom is -0.507 e. The summed E-state index contributed by atoms with van der Waals surface area (Å²) in [6, 6.07) is 9.79. The highest BCUT2D eigenvalue weighted by Gasteiger charge is 2.46. The Morgan fingerprint density at radius 3 is 2.16 bits per heavy atom. The number of ketones is 1. The summed E-state index contributed by atoms with van der Waals surface area (Å²) in [7, 11) is 4.52. The van der Waals surface area contributed by atoms with Gasteiger partial charge in [-0.2, -0.15) is 0 Å². The maximum absolute atomic E-state index is 13.4. The third kappa shape index (κ3) is 5.42. The van der Waals surface area contributed by atoms with Crippen LogP contribution in [0.3, 0.4) is 0 Å². The molecule has 0 saturated carbocycles. The van der Waals surface area contributed by atoms with Crippen LogP contribution in [-0.4, -0.2) is 87.3 Å². The van der Waals surface area contributed by atoms with Crippen molar-refractivity contribution in [2.24, 2.45) is 0 Å². The first-order valence-corrected chi connectivity index (χ1v) is 12.3.